The Bertz CT molecular complexity index is 1180. The van der Waals surface area contributed by atoms with Gasteiger partial charge in [0.2, 0.25) is 5.95 Å². The summed E-state index contributed by atoms with van der Waals surface area (Å²) in [5.41, 5.74) is 2.94. The zero-order chi connectivity index (χ0) is 21.2. The Hall–Kier alpha value is -3.23. The number of aryl methyl sites for hydroxylation is 1. The molecule has 2 aromatic heterocycles. The van der Waals surface area contributed by atoms with E-state index in [0.717, 1.165) is 54.4 Å². The van der Waals surface area contributed by atoms with Crippen molar-refractivity contribution in [1.82, 2.24) is 24.5 Å². The molecule has 1 N–H and O–H groups in total. The first kappa shape index (κ1) is 19.7. The molecular formula is C23H26N6O2. The summed E-state index contributed by atoms with van der Waals surface area (Å²) in [4.78, 5) is 11.9. The lowest BCUT2D eigenvalue weighted by molar-refractivity contribution is 0.0186. The first-order valence-electron chi connectivity index (χ1n) is 10.5. The maximum Gasteiger partial charge on any atom is 0.226 e. The lowest BCUT2D eigenvalue weighted by atomic mass is 10.0. The second-order valence-electron chi connectivity index (χ2n) is 7.67. The average Bonchev–Trinajstić information content (AvgIpc) is 3.22. The van der Waals surface area contributed by atoms with Crippen LogP contribution in [0, 0.1) is 6.92 Å². The molecule has 0 amide bonds. The maximum absolute atomic E-state index is 5.58. The number of aromatic nitrogens is 4. The van der Waals surface area contributed by atoms with Crippen LogP contribution in [0.2, 0.25) is 0 Å². The predicted molar refractivity (Wildman–Crippen MR) is 120 cm³/mol. The van der Waals surface area contributed by atoms with Crippen LogP contribution in [-0.4, -0.2) is 64.4 Å². The topological polar surface area (TPSA) is 76.8 Å². The van der Waals surface area contributed by atoms with Gasteiger partial charge in [-0.05, 0) is 36.8 Å². The molecule has 0 aliphatic carbocycles. The van der Waals surface area contributed by atoms with Crippen LogP contribution in [0.25, 0.3) is 16.6 Å². The molecule has 1 aliphatic heterocycles. The smallest absolute Gasteiger partial charge is 0.226 e. The second-order valence-corrected chi connectivity index (χ2v) is 7.67. The van der Waals surface area contributed by atoms with E-state index in [2.05, 4.69) is 32.4 Å². The number of ether oxygens (including phenoxy) is 2. The van der Waals surface area contributed by atoms with Crippen molar-refractivity contribution < 1.29 is 9.47 Å². The summed E-state index contributed by atoms with van der Waals surface area (Å²) in [5.74, 6) is 2.27. The third kappa shape index (κ3) is 3.92. The summed E-state index contributed by atoms with van der Waals surface area (Å²) < 4.78 is 12.7. The lowest BCUT2D eigenvalue weighted by Crippen LogP contribution is -2.41. The first-order valence-corrected chi connectivity index (χ1v) is 10.5. The zero-order valence-corrected chi connectivity index (χ0v) is 17.8. The van der Waals surface area contributed by atoms with Gasteiger partial charge < -0.3 is 14.8 Å². The molecule has 3 heterocycles. The molecule has 8 nitrogen and oxygen atoms in total. The highest BCUT2D eigenvalue weighted by atomic mass is 16.5. The number of fused-ring (bicyclic) bond motifs is 3. The van der Waals surface area contributed by atoms with Crippen molar-refractivity contribution in [1.29, 1.82) is 0 Å². The van der Waals surface area contributed by atoms with E-state index in [1.807, 2.05) is 47.8 Å². The molecule has 1 aliphatic rings. The highest BCUT2D eigenvalue weighted by Crippen LogP contribution is 2.26. The van der Waals surface area contributed by atoms with Crippen molar-refractivity contribution in [3.63, 3.8) is 0 Å². The maximum atomic E-state index is 5.58. The molecule has 1 saturated heterocycles. The predicted octanol–water partition coefficient (Wildman–Crippen LogP) is 3.08. The van der Waals surface area contributed by atoms with Crippen molar-refractivity contribution >= 4 is 22.5 Å². The minimum Gasteiger partial charge on any atom is -0.497 e. The number of benzene rings is 2. The van der Waals surface area contributed by atoms with Gasteiger partial charge in [-0.2, -0.15) is 4.52 Å². The SMILES string of the molecule is COc1ccc(C(CNc2nc3ccccc3c3nc(C)nn23)N2CCOCC2)cc1. The third-order valence-electron chi connectivity index (χ3n) is 5.73. The van der Waals surface area contributed by atoms with Gasteiger partial charge >= 0.3 is 0 Å². The molecule has 0 saturated carbocycles. The Kier molecular flexibility index (Phi) is 5.40. The number of para-hydroxylation sites is 1. The largest absolute Gasteiger partial charge is 0.497 e. The minimum absolute atomic E-state index is 0.169. The van der Waals surface area contributed by atoms with Gasteiger partial charge in [-0.25, -0.2) is 9.97 Å². The molecule has 2 aromatic carbocycles. The summed E-state index contributed by atoms with van der Waals surface area (Å²) >= 11 is 0. The van der Waals surface area contributed by atoms with Gasteiger partial charge in [0.15, 0.2) is 5.65 Å². The van der Waals surface area contributed by atoms with Crippen LogP contribution in [0.1, 0.15) is 17.4 Å². The second kappa shape index (κ2) is 8.49. The molecule has 0 bridgehead atoms. The standard InChI is InChI=1S/C23H26N6O2/c1-16-25-22-19-5-3-4-6-20(19)26-23(29(22)27-16)24-15-21(28-11-13-31-14-12-28)17-7-9-18(30-2)10-8-17/h3-10,21H,11-15H2,1-2H3,(H,24,26). The molecule has 31 heavy (non-hydrogen) atoms. The summed E-state index contributed by atoms with van der Waals surface area (Å²) in [7, 11) is 1.69. The van der Waals surface area contributed by atoms with E-state index < -0.39 is 0 Å². The molecular weight excluding hydrogens is 392 g/mol. The first-order chi connectivity index (χ1) is 15.2. The van der Waals surface area contributed by atoms with E-state index in [1.165, 1.54) is 5.56 Å². The fraction of sp³-hybridized carbons (Fsp3) is 0.348. The molecule has 160 valence electrons. The molecule has 4 aromatic rings. The minimum atomic E-state index is 0.169. The molecule has 0 spiro atoms. The third-order valence-corrected chi connectivity index (χ3v) is 5.73. The van der Waals surface area contributed by atoms with Gasteiger partial charge in [-0.1, -0.05) is 24.3 Å². The zero-order valence-electron chi connectivity index (χ0n) is 17.8. The summed E-state index contributed by atoms with van der Waals surface area (Å²) in [6.07, 6.45) is 0. The van der Waals surface area contributed by atoms with E-state index in [9.17, 15) is 0 Å². The molecule has 1 unspecified atom stereocenters. The van der Waals surface area contributed by atoms with Crippen LogP contribution in [-0.2, 0) is 4.74 Å². The van der Waals surface area contributed by atoms with Crippen LogP contribution < -0.4 is 10.1 Å². The summed E-state index contributed by atoms with van der Waals surface area (Å²) in [6.45, 7) is 5.86. The highest BCUT2D eigenvalue weighted by Gasteiger charge is 2.23. The van der Waals surface area contributed by atoms with Gasteiger partial charge in [-0.3, -0.25) is 4.90 Å². The summed E-state index contributed by atoms with van der Waals surface area (Å²) in [5, 5.41) is 9.13. The van der Waals surface area contributed by atoms with Crippen molar-refractivity contribution in [3.05, 3.63) is 59.9 Å². The van der Waals surface area contributed by atoms with E-state index >= 15 is 0 Å². The quantitative estimate of drug-likeness (QED) is 0.516. The lowest BCUT2D eigenvalue weighted by Gasteiger charge is -2.35. The van der Waals surface area contributed by atoms with Gasteiger partial charge in [0.25, 0.3) is 0 Å². The number of rotatable bonds is 6. The van der Waals surface area contributed by atoms with Crippen LogP contribution in [0.15, 0.2) is 48.5 Å². The number of anilines is 1. The Morgan fingerprint density at radius 3 is 2.61 bits per heavy atom. The van der Waals surface area contributed by atoms with Crippen molar-refractivity contribution in [2.24, 2.45) is 0 Å². The van der Waals surface area contributed by atoms with Gasteiger partial charge in [0.05, 0.1) is 31.9 Å². The number of methoxy groups -OCH3 is 1. The summed E-state index contributed by atoms with van der Waals surface area (Å²) in [6, 6.07) is 16.5. The molecule has 1 fully saturated rings. The number of nitrogens with one attached hydrogen (secondary N) is 1. The van der Waals surface area contributed by atoms with Gasteiger partial charge in [-0.15, -0.1) is 5.10 Å². The van der Waals surface area contributed by atoms with Crippen LogP contribution >= 0.6 is 0 Å². The van der Waals surface area contributed by atoms with Gasteiger partial charge in [0, 0.05) is 25.0 Å². The van der Waals surface area contributed by atoms with Crippen molar-refractivity contribution in [2.75, 3.05) is 45.3 Å². The molecule has 0 radical (unpaired) electrons. The molecule has 5 rings (SSSR count). The molecule has 1 atom stereocenters. The van der Waals surface area contributed by atoms with Gasteiger partial charge in [0.1, 0.15) is 11.6 Å². The fourth-order valence-corrected chi connectivity index (χ4v) is 4.13. The van der Waals surface area contributed by atoms with Crippen LogP contribution in [0.3, 0.4) is 0 Å². The Morgan fingerprint density at radius 2 is 1.84 bits per heavy atom. The number of nitrogens with zero attached hydrogens (tertiary/aromatic N) is 5. The van der Waals surface area contributed by atoms with Crippen LogP contribution in [0.5, 0.6) is 5.75 Å². The van der Waals surface area contributed by atoms with E-state index in [1.54, 1.807) is 7.11 Å². The van der Waals surface area contributed by atoms with E-state index in [4.69, 9.17) is 14.5 Å². The number of hydrogen-bond donors (Lipinski definition) is 1. The normalized spacial score (nSPS) is 15.9. The molecule has 8 heteroatoms. The Balaban J connectivity index is 1.48. The van der Waals surface area contributed by atoms with E-state index in [0.29, 0.717) is 12.5 Å². The average molecular weight is 419 g/mol. The van der Waals surface area contributed by atoms with Crippen molar-refractivity contribution in [2.45, 2.75) is 13.0 Å². The number of hydrogen-bond acceptors (Lipinski definition) is 7. The Morgan fingerprint density at radius 1 is 1.06 bits per heavy atom. The monoisotopic (exact) mass is 418 g/mol. The highest BCUT2D eigenvalue weighted by molar-refractivity contribution is 5.92. The Labute approximate surface area is 180 Å². The number of morpholine rings is 1. The fourth-order valence-electron chi connectivity index (χ4n) is 4.13. The van der Waals surface area contributed by atoms with E-state index in [-0.39, 0.29) is 6.04 Å². The van der Waals surface area contributed by atoms with Crippen LogP contribution in [0.4, 0.5) is 5.95 Å². The van der Waals surface area contributed by atoms with Crippen molar-refractivity contribution in [3.8, 4) is 5.75 Å².